The zero-order chi connectivity index (χ0) is 19.0. The number of rotatable bonds is 6. The van der Waals surface area contributed by atoms with Crippen LogP contribution in [0.5, 0.6) is 0 Å². The maximum Gasteiger partial charge on any atom is 0.272 e. The molecule has 0 aromatic carbocycles. The number of nitrogens with zero attached hydrogens (tertiary/aromatic N) is 4. The van der Waals surface area contributed by atoms with E-state index in [0.29, 0.717) is 44.1 Å². The lowest BCUT2D eigenvalue weighted by Crippen LogP contribution is -2.29. The summed E-state index contributed by atoms with van der Waals surface area (Å²) in [7, 11) is 1.80. The van der Waals surface area contributed by atoms with Crippen molar-refractivity contribution in [3.63, 3.8) is 0 Å². The number of ether oxygens (including phenoxy) is 1. The van der Waals surface area contributed by atoms with Crippen LogP contribution >= 0.6 is 0 Å². The maximum absolute atomic E-state index is 12.5. The molecule has 0 bridgehead atoms. The van der Waals surface area contributed by atoms with E-state index in [4.69, 9.17) is 4.74 Å². The molecule has 2 aromatic rings. The van der Waals surface area contributed by atoms with Crippen molar-refractivity contribution in [1.29, 1.82) is 0 Å². The third-order valence-electron chi connectivity index (χ3n) is 4.98. The molecule has 0 radical (unpaired) electrons. The molecular formula is C18H24N6O3. The monoisotopic (exact) mass is 372 g/mol. The minimum atomic E-state index is -0.213. The molecule has 27 heavy (non-hydrogen) atoms. The lowest BCUT2D eigenvalue weighted by atomic mass is 10.1. The van der Waals surface area contributed by atoms with E-state index in [1.807, 2.05) is 11.6 Å². The molecule has 1 aliphatic carbocycles. The summed E-state index contributed by atoms with van der Waals surface area (Å²) in [5.41, 5.74) is 3.66. The first-order valence-electron chi connectivity index (χ1n) is 9.29. The molecule has 9 heteroatoms. The highest BCUT2D eigenvalue weighted by molar-refractivity contribution is 5.94. The molecule has 0 spiro atoms. The van der Waals surface area contributed by atoms with E-state index in [9.17, 15) is 9.59 Å². The number of fused-ring (bicyclic) bond motifs is 1. The fourth-order valence-corrected chi connectivity index (χ4v) is 3.19. The van der Waals surface area contributed by atoms with E-state index in [1.165, 1.54) is 0 Å². The quantitative estimate of drug-likeness (QED) is 0.760. The van der Waals surface area contributed by atoms with Crippen LogP contribution in [-0.2, 0) is 31.4 Å². The molecule has 2 N–H and O–H groups in total. The summed E-state index contributed by atoms with van der Waals surface area (Å²) in [6.07, 6.45) is 2.78. The molecule has 144 valence electrons. The van der Waals surface area contributed by atoms with Crippen LogP contribution in [0.3, 0.4) is 0 Å². The molecule has 3 heterocycles. The zero-order valence-corrected chi connectivity index (χ0v) is 15.6. The fraction of sp³-hybridized carbons (Fsp3) is 0.556. The van der Waals surface area contributed by atoms with Crippen molar-refractivity contribution in [2.75, 3.05) is 13.2 Å². The smallest absolute Gasteiger partial charge is 0.272 e. The molecule has 9 nitrogen and oxygen atoms in total. The number of nitrogens with one attached hydrogen (secondary N) is 2. The van der Waals surface area contributed by atoms with Crippen LogP contribution in [0.15, 0.2) is 6.07 Å². The molecular weight excluding hydrogens is 348 g/mol. The van der Waals surface area contributed by atoms with Gasteiger partial charge in [-0.3, -0.25) is 19.0 Å². The van der Waals surface area contributed by atoms with Crippen LogP contribution in [-0.4, -0.2) is 50.6 Å². The zero-order valence-electron chi connectivity index (χ0n) is 15.6. The fourth-order valence-electron chi connectivity index (χ4n) is 3.19. The lowest BCUT2D eigenvalue weighted by molar-refractivity contribution is 0.0921. The van der Waals surface area contributed by atoms with Crippen LogP contribution < -0.4 is 10.6 Å². The van der Waals surface area contributed by atoms with Gasteiger partial charge in [0.1, 0.15) is 5.69 Å². The maximum atomic E-state index is 12.5. The molecule has 1 aliphatic heterocycles. The third kappa shape index (κ3) is 3.73. The minimum absolute atomic E-state index is 0.133. The average Bonchev–Trinajstić information content (AvgIpc) is 3.30. The summed E-state index contributed by atoms with van der Waals surface area (Å²) >= 11 is 0. The molecule has 2 aromatic heterocycles. The van der Waals surface area contributed by atoms with E-state index in [0.717, 1.165) is 29.8 Å². The average molecular weight is 372 g/mol. The normalized spacial score (nSPS) is 16.1. The SMILES string of the molecule is Cc1cc(C(=O)NCCn2nc(C(=O)NC3CC3)c3c2CCOC3)nn1C. The van der Waals surface area contributed by atoms with Gasteiger partial charge >= 0.3 is 0 Å². The number of carbonyl (C=O) groups is 2. The van der Waals surface area contributed by atoms with Gasteiger partial charge in [-0.1, -0.05) is 0 Å². The van der Waals surface area contributed by atoms with E-state index >= 15 is 0 Å². The van der Waals surface area contributed by atoms with Gasteiger partial charge in [0.2, 0.25) is 0 Å². The Balaban J connectivity index is 1.43. The van der Waals surface area contributed by atoms with Crippen LogP contribution in [0.4, 0.5) is 0 Å². The van der Waals surface area contributed by atoms with Crippen molar-refractivity contribution in [3.05, 3.63) is 34.4 Å². The first kappa shape index (κ1) is 17.7. The number of hydrogen-bond donors (Lipinski definition) is 2. The van der Waals surface area contributed by atoms with E-state index in [2.05, 4.69) is 20.8 Å². The standard InChI is InChI=1S/C18H24N6O3/c1-11-9-14(21-23(11)2)17(25)19-6-7-24-15-5-8-27-10-13(15)16(22-24)18(26)20-12-3-4-12/h9,12H,3-8,10H2,1-2H3,(H,19,25)(H,20,26). The van der Waals surface area contributed by atoms with E-state index in [1.54, 1.807) is 17.8 Å². The molecule has 0 unspecified atom stereocenters. The summed E-state index contributed by atoms with van der Waals surface area (Å²) < 4.78 is 9.01. The first-order valence-corrected chi connectivity index (χ1v) is 9.29. The topological polar surface area (TPSA) is 103 Å². The van der Waals surface area contributed by atoms with Crippen molar-refractivity contribution >= 4 is 11.8 Å². The Hall–Kier alpha value is -2.68. The molecule has 0 saturated heterocycles. The molecule has 2 aliphatic rings. The summed E-state index contributed by atoms with van der Waals surface area (Å²) in [6.45, 7) is 3.82. The van der Waals surface area contributed by atoms with Crippen LogP contribution in [0.1, 0.15) is 50.8 Å². The number of carbonyl (C=O) groups excluding carboxylic acids is 2. The minimum Gasteiger partial charge on any atom is -0.376 e. The van der Waals surface area contributed by atoms with E-state index in [-0.39, 0.29) is 17.9 Å². The van der Waals surface area contributed by atoms with E-state index < -0.39 is 0 Å². The number of aryl methyl sites for hydroxylation is 2. The molecule has 1 fully saturated rings. The van der Waals surface area contributed by atoms with Gasteiger partial charge in [0.05, 0.1) is 19.8 Å². The highest BCUT2D eigenvalue weighted by Gasteiger charge is 2.29. The second-order valence-corrected chi connectivity index (χ2v) is 7.10. The molecule has 4 rings (SSSR count). The van der Waals surface area contributed by atoms with Gasteiger partial charge in [-0.05, 0) is 25.8 Å². The molecule has 1 saturated carbocycles. The first-order chi connectivity index (χ1) is 13.0. The van der Waals surface area contributed by atoms with Gasteiger partial charge in [0.25, 0.3) is 11.8 Å². The summed E-state index contributed by atoms with van der Waals surface area (Å²) in [5.74, 6) is -0.347. The predicted molar refractivity (Wildman–Crippen MR) is 96.4 cm³/mol. The van der Waals surface area contributed by atoms with Gasteiger partial charge in [-0.25, -0.2) is 0 Å². The van der Waals surface area contributed by atoms with Crippen molar-refractivity contribution in [2.45, 2.75) is 45.4 Å². The third-order valence-corrected chi connectivity index (χ3v) is 4.98. The van der Waals surface area contributed by atoms with Gasteiger partial charge in [-0.15, -0.1) is 0 Å². The number of hydrogen-bond acceptors (Lipinski definition) is 5. The number of aromatic nitrogens is 4. The van der Waals surface area contributed by atoms with Gasteiger partial charge in [0.15, 0.2) is 5.69 Å². The van der Waals surface area contributed by atoms with Crippen LogP contribution in [0, 0.1) is 6.92 Å². The lowest BCUT2D eigenvalue weighted by Gasteiger charge is -2.15. The van der Waals surface area contributed by atoms with Crippen molar-refractivity contribution in [1.82, 2.24) is 30.2 Å². The Bertz CT molecular complexity index is 861. The predicted octanol–water partition coefficient (Wildman–Crippen LogP) is 0.320. The van der Waals surface area contributed by atoms with Gasteiger partial charge in [-0.2, -0.15) is 10.2 Å². The second kappa shape index (κ2) is 7.15. The Morgan fingerprint density at radius 2 is 2.11 bits per heavy atom. The summed E-state index contributed by atoms with van der Waals surface area (Å²) in [5, 5.41) is 14.5. The summed E-state index contributed by atoms with van der Waals surface area (Å²) in [6, 6.07) is 2.03. The van der Waals surface area contributed by atoms with Gasteiger partial charge < -0.3 is 15.4 Å². The molecule has 0 atom stereocenters. The van der Waals surface area contributed by atoms with Crippen LogP contribution in [0.25, 0.3) is 0 Å². The Labute approximate surface area is 157 Å². The van der Waals surface area contributed by atoms with Crippen molar-refractivity contribution < 1.29 is 14.3 Å². The van der Waals surface area contributed by atoms with Crippen molar-refractivity contribution in [3.8, 4) is 0 Å². The highest BCUT2D eigenvalue weighted by Crippen LogP contribution is 2.23. The molecule has 2 amide bonds. The summed E-state index contributed by atoms with van der Waals surface area (Å²) in [4.78, 5) is 24.7. The van der Waals surface area contributed by atoms with Crippen molar-refractivity contribution in [2.24, 2.45) is 7.05 Å². The number of amides is 2. The highest BCUT2D eigenvalue weighted by atomic mass is 16.5. The second-order valence-electron chi connectivity index (χ2n) is 7.10. The van der Waals surface area contributed by atoms with Gasteiger partial charge in [0, 0.05) is 43.0 Å². The Morgan fingerprint density at radius 1 is 1.30 bits per heavy atom. The van der Waals surface area contributed by atoms with Crippen LogP contribution in [0.2, 0.25) is 0 Å². The largest absolute Gasteiger partial charge is 0.376 e. The Kier molecular flexibility index (Phi) is 4.69. The Morgan fingerprint density at radius 3 is 2.81 bits per heavy atom.